The van der Waals surface area contributed by atoms with Crippen LogP contribution in [0.1, 0.15) is 15.9 Å². The Bertz CT molecular complexity index is 345. The Kier molecular flexibility index (Phi) is 3.46. The summed E-state index contributed by atoms with van der Waals surface area (Å²) in [7, 11) is 0. The van der Waals surface area contributed by atoms with Crippen molar-refractivity contribution in [3.05, 3.63) is 34.9 Å². The standard InChI is InChI=1S/C9H9F2NOS/c1-5-3-6(10)8(7(11)4-5)9(13)12-14-2/h3-4H,1-2H3,(H,12,13). The SMILES string of the molecule is CSNC(=O)c1c(F)cc(C)cc1F. The smallest absolute Gasteiger partial charge is 0.267 e. The third-order valence-corrected chi connectivity index (χ3v) is 2.00. The lowest BCUT2D eigenvalue weighted by molar-refractivity contribution is 0.0976. The molecule has 0 aliphatic heterocycles. The molecule has 1 amide bonds. The minimum Gasteiger partial charge on any atom is -0.296 e. The summed E-state index contributed by atoms with van der Waals surface area (Å²) in [4.78, 5) is 11.2. The highest BCUT2D eigenvalue weighted by molar-refractivity contribution is 7.97. The predicted octanol–water partition coefficient (Wildman–Crippen LogP) is 2.28. The first kappa shape index (κ1) is 11.0. The van der Waals surface area contributed by atoms with Crippen LogP contribution in [0, 0.1) is 18.6 Å². The number of benzene rings is 1. The number of rotatable bonds is 2. The number of halogens is 2. The zero-order valence-corrected chi connectivity index (χ0v) is 8.54. The van der Waals surface area contributed by atoms with E-state index in [1.165, 1.54) is 0 Å². The van der Waals surface area contributed by atoms with E-state index in [9.17, 15) is 13.6 Å². The molecule has 1 N–H and O–H groups in total. The quantitative estimate of drug-likeness (QED) is 0.770. The van der Waals surface area contributed by atoms with Crippen LogP contribution in [0.25, 0.3) is 0 Å². The van der Waals surface area contributed by atoms with Gasteiger partial charge in [-0.15, -0.1) is 0 Å². The Morgan fingerprint density at radius 2 is 1.86 bits per heavy atom. The van der Waals surface area contributed by atoms with Crippen molar-refractivity contribution < 1.29 is 13.6 Å². The lowest BCUT2D eigenvalue weighted by Gasteiger charge is -2.05. The Morgan fingerprint density at radius 1 is 1.36 bits per heavy atom. The van der Waals surface area contributed by atoms with Gasteiger partial charge in [0.25, 0.3) is 5.91 Å². The molecule has 5 heteroatoms. The molecule has 0 aromatic heterocycles. The molecular weight excluding hydrogens is 208 g/mol. The van der Waals surface area contributed by atoms with Crippen LogP contribution < -0.4 is 4.72 Å². The Balaban J connectivity index is 3.14. The van der Waals surface area contributed by atoms with Crippen LogP contribution >= 0.6 is 11.9 Å². The highest BCUT2D eigenvalue weighted by Gasteiger charge is 2.17. The Hall–Kier alpha value is -1.10. The van der Waals surface area contributed by atoms with Crippen molar-refractivity contribution in [2.24, 2.45) is 0 Å². The van der Waals surface area contributed by atoms with Crippen molar-refractivity contribution in [2.75, 3.05) is 6.26 Å². The lowest BCUT2D eigenvalue weighted by Crippen LogP contribution is -2.18. The normalized spacial score (nSPS) is 10.0. The van der Waals surface area contributed by atoms with Gasteiger partial charge in [0.05, 0.1) is 0 Å². The zero-order chi connectivity index (χ0) is 10.7. The van der Waals surface area contributed by atoms with E-state index in [0.717, 1.165) is 24.1 Å². The molecule has 0 atom stereocenters. The van der Waals surface area contributed by atoms with Crippen molar-refractivity contribution >= 4 is 17.9 Å². The molecule has 0 heterocycles. The average molecular weight is 217 g/mol. The maximum absolute atomic E-state index is 13.2. The van der Waals surface area contributed by atoms with Gasteiger partial charge in [-0.3, -0.25) is 9.52 Å². The van der Waals surface area contributed by atoms with Gasteiger partial charge in [-0.2, -0.15) is 0 Å². The lowest BCUT2D eigenvalue weighted by atomic mass is 10.1. The summed E-state index contributed by atoms with van der Waals surface area (Å²) in [6.45, 7) is 1.56. The first-order valence-electron chi connectivity index (χ1n) is 3.85. The number of hydrogen-bond acceptors (Lipinski definition) is 2. The summed E-state index contributed by atoms with van der Waals surface area (Å²) in [6, 6.07) is 2.25. The van der Waals surface area contributed by atoms with Crippen LogP contribution in [0.4, 0.5) is 8.78 Å². The predicted molar refractivity (Wildman–Crippen MR) is 52.1 cm³/mol. The topological polar surface area (TPSA) is 29.1 Å². The molecule has 0 radical (unpaired) electrons. The first-order chi connectivity index (χ1) is 6.56. The van der Waals surface area contributed by atoms with Crippen molar-refractivity contribution in [3.63, 3.8) is 0 Å². The molecule has 1 aromatic rings. The van der Waals surface area contributed by atoms with E-state index in [1.807, 2.05) is 0 Å². The molecule has 0 bridgehead atoms. The van der Waals surface area contributed by atoms with Gasteiger partial charge in [-0.25, -0.2) is 8.78 Å². The maximum atomic E-state index is 13.2. The molecule has 1 aromatic carbocycles. The number of hydrogen-bond donors (Lipinski definition) is 1. The van der Waals surface area contributed by atoms with Crippen molar-refractivity contribution in [2.45, 2.75) is 6.92 Å². The molecule has 76 valence electrons. The van der Waals surface area contributed by atoms with Gasteiger partial charge >= 0.3 is 0 Å². The molecule has 14 heavy (non-hydrogen) atoms. The molecule has 0 saturated carbocycles. The molecule has 0 aliphatic carbocycles. The Morgan fingerprint density at radius 3 is 2.29 bits per heavy atom. The monoisotopic (exact) mass is 217 g/mol. The van der Waals surface area contributed by atoms with Crippen LogP contribution in [-0.4, -0.2) is 12.2 Å². The minimum atomic E-state index is -0.839. The zero-order valence-electron chi connectivity index (χ0n) is 7.73. The molecule has 0 saturated heterocycles. The third-order valence-electron chi connectivity index (χ3n) is 1.61. The molecule has 0 fully saturated rings. The largest absolute Gasteiger partial charge is 0.296 e. The highest BCUT2D eigenvalue weighted by Crippen LogP contribution is 2.15. The summed E-state index contributed by atoms with van der Waals surface area (Å²) in [5.74, 6) is -2.43. The van der Waals surface area contributed by atoms with Crippen molar-refractivity contribution in [1.82, 2.24) is 4.72 Å². The number of aryl methyl sites for hydroxylation is 1. The Labute approximate surface area is 84.8 Å². The van der Waals surface area contributed by atoms with E-state index in [2.05, 4.69) is 4.72 Å². The molecule has 0 aliphatic rings. The number of amides is 1. The van der Waals surface area contributed by atoms with Crippen LogP contribution in [0.15, 0.2) is 12.1 Å². The van der Waals surface area contributed by atoms with Gasteiger partial charge in [0.2, 0.25) is 0 Å². The van der Waals surface area contributed by atoms with Gasteiger partial charge in [0.1, 0.15) is 17.2 Å². The summed E-state index contributed by atoms with van der Waals surface area (Å²) < 4.78 is 28.6. The number of carbonyl (C=O) groups is 1. The summed E-state index contributed by atoms with van der Waals surface area (Å²) in [5.41, 5.74) is -0.0920. The van der Waals surface area contributed by atoms with E-state index >= 15 is 0 Å². The number of carbonyl (C=O) groups excluding carboxylic acids is 1. The molecule has 1 rings (SSSR count). The van der Waals surface area contributed by atoms with E-state index in [1.54, 1.807) is 13.2 Å². The van der Waals surface area contributed by atoms with Gasteiger partial charge in [0.15, 0.2) is 0 Å². The highest BCUT2D eigenvalue weighted by atomic mass is 32.2. The second-order valence-electron chi connectivity index (χ2n) is 2.74. The van der Waals surface area contributed by atoms with Crippen LogP contribution in [-0.2, 0) is 0 Å². The van der Waals surface area contributed by atoms with E-state index in [0.29, 0.717) is 5.56 Å². The third kappa shape index (κ3) is 2.23. The van der Waals surface area contributed by atoms with Crippen LogP contribution in [0.5, 0.6) is 0 Å². The van der Waals surface area contributed by atoms with Gasteiger partial charge < -0.3 is 0 Å². The molecule has 0 spiro atoms. The summed E-state index contributed by atoms with van der Waals surface area (Å²) >= 11 is 0.993. The van der Waals surface area contributed by atoms with Crippen molar-refractivity contribution in [1.29, 1.82) is 0 Å². The average Bonchev–Trinajstić information content (AvgIpc) is 2.01. The second-order valence-corrected chi connectivity index (χ2v) is 3.35. The second kappa shape index (κ2) is 4.41. The van der Waals surface area contributed by atoms with Crippen LogP contribution in [0.2, 0.25) is 0 Å². The van der Waals surface area contributed by atoms with Crippen molar-refractivity contribution in [3.8, 4) is 0 Å². The van der Waals surface area contributed by atoms with Gasteiger partial charge in [-0.05, 0) is 24.6 Å². The van der Waals surface area contributed by atoms with Gasteiger partial charge in [0, 0.05) is 6.26 Å². The first-order valence-corrected chi connectivity index (χ1v) is 5.07. The molecular formula is C9H9F2NOS. The number of nitrogens with one attached hydrogen (secondary N) is 1. The fraction of sp³-hybridized carbons (Fsp3) is 0.222. The molecule has 0 unspecified atom stereocenters. The van der Waals surface area contributed by atoms with E-state index in [-0.39, 0.29) is 0 Å². The summed E-state index contributed by atoms with van der Waals surface area (Å²) in [6.07, 6.45) is 1.60. The van der Waals surface area contributed by atoms with E-state index in [4.69, 9.17) is 0 Å². The van der Waals surface area contributed by atoms with Crippen LogP contribution in [0.3, 0.4) is 0 Å². The fourth-order valence-electron chi connectivity index (χ4n) is 1.06. The molecule has 2 nitrogen and oxygen atoms in total. The minimum absolute atomic E-state index is 0.445. The van der Waals surface area contributed by atoms with E-state index < -0.39 is 23.1 Å². The summed E-state index contributed by atoms with van der Waals surface area (Å²) in [5, 5.41) is 0. The fourth-order valence-corrected chi connectivity index (χ4v) is 1.35. The van der Waals surface area contributed by atoms with Gasteiger partial charge in [-0.1, -0.05) is 11.9 Å². The maximum Gasteiger partial charge on any atom is 0.267 e.